The van der Waals surface area contributed by atoms with E-state index >= 15 is 0 Å². The van der Waals surface area contributed by atoms with Crippen LogP contribution in [0.4, 0.5) is 0 Å². The van der Waals surface area contributed by atoms with Gasteiger partial charge >= 0.3 is 0 Å². The summed E-state index contributed by atoms with van der Waals surface area (Å²) in [6, 6.07) is 11.2. The number of hydrogen-bond acceptors (Lipinski definition) is 10. The van der Waals surface area contributed by atoms with Crippen molar-refractivity contribution in [2.75, 3.05) is 64.0 Å². The zero-order valence-electron chi connectivity index (χ0n) is 30.1. The molecule has 1 heterocycles. The minimum absolute atomic E-state index is 0.640. The van der Waals surface area contributed by atoms with Crippen molar-refractivity contribution in [3.8, 4) is 62.9 Å². The smallest absolute Gasteiger partial charge is 0.134 e. The van der Waals surface area contributed by atoms with Gasteiger partial charge in [-0.25, -0.2) is 4.98 Å². The van der Waals surface area contributed by atoms with Crippen LogP contribution in [0.3, 0.4) is 0 Å². The molecule has 3 aromatic carbocycles. The molecule has 0 N–H and O–H groups in total. The van der Waals surface area contributed by atoms with Crippen LogP contribution < -0.4 is 42.6 Å². The lowest BCUT2D eigenvalue weighted by Crippen LogP contribution is -2.04. The molecular formula is C40H43NO9. The first kappa shape index (κ1) is 34.4. The summed E-state index contributed by atoms with van der Waals surface area (Å²) in [5.74, 6) is 5.80. The van der Waals surface area contributed by atoms with Crippen LogP contribution in [0.25, 0.3) is 34.4 Å². The Bertz CT molecular complexity index is 1810. The quantitative estimate of drug-likeness (QED) is 0.147. The van der Waals surface area contributed by atoms with E-state index in [1.807, 2.05) is 36.4 Å². The van der Waals surface area contributed by atoms with Crippen molar-refractivity contribution in [1.82, 2.24) is 4.98 Å². The van der Waals surface area contributed by atoms with Crippen molar-refractivity contribution in [2.24, 2.45) is 0 Å². The summed E-state index contributed by atoms with van der Waals surface area (Å²) in [5, 5.41) is 0. The van der Waals surface area contributed by atoms with Gasteiger partial charge in [0, 0.05) is 36.4 Å². The zero-order chi connectivity index (χ0) is 35.5. The average Bonchev–Trinajstić information content (AvgIpc) is 3.76. The molecule has 0 atom stereocenters. The summed E-state index contributed by atoms with van der Waals surface area (Å²) in [5.41, 5.74) is 9.73. The number of allylic oxidation sites excluding steroid dienone is 2. The summed E-state index contributed by atoms with van der Waals surface area (Å²) in [6.07, 6.45) is 7.29. The van der Waals surface area contributed by atoms with Gasteiger partial charge in [-0.1, -0.05) is 0 Å². The SMILES string of the molecule is COc1cc(OC)c(/C=C2\CCc3c2nc2c(c3-c3c(OC)cc(OC)cc3OC)CC/C2=C\c2c(OC)cc(OC)cc2OC)c(OC)c1. The number of hydrogen-bond donors (Lipinski definition) is 0. The topological polar surface area (TPSA) is 96.0 Å². The Morgan fingerprint density at radius 2 is 0.720 bits per heavy atom. The predicted molar refractivity (Wildman–Crippen MR) is 194 cm³/mol. The lowest BCUT2D eigenvalue weighted by molar-refractivity contribution is 0.374. The molecule has 2 aliphatic rings. The minimum Gasteiger partial charge on any atom is -0.496 e. The van der Waals surface area contributed by atoms with Gasteiger partial charge in [-0.2, -0.15) is 0 Å². The molecule has 10 nitrogen and oxygen atoms in total. The number of methoxy groups -OCH3 is 9. The van der Waals surface area contributed by atoms with Gasteiger partial charge in [0.25, 0.3) is 0 Å². The molecule has 0 amide bonds. The van der Waals surface area contributed by atoms with Crippen LogP contribution in [-0.2, 0) is 12.8 Å². The van der Waals surface area contributed by atoms with E-state index in [9.17, 15) is 0 Å². The highest BCUT2D eigenvalue weighted by Crippen LogP contribution is 2.52. The van der Waals surface area contributed by atoms with E-state index in [4.69, 9.17) is 47.6 Å². The number of benzene rings is 3. The Morgan fingerprint density at radius 3 is 1.02 bits per heavy atom. The molecule has 0 fully saturated rings. The molecule has 10 heteroatoms. The lowest BCUT2D eigenvalue weighted by Gasteiger charge is -2.20. The molecule has 0 spiro atoms. The van der Waals surface area contributed by atoms with E-state index in [2.05, 4.69) is 12.2 Å². The largest absolute Gasteiger partial charge is 0.496 e. The summed E-state index contributed by atoms with van der Waals surface area (Å²) < 4.78 is 51.9. The normalized spacial score (nSPS) is 14.7. The van der Waals surface area contributed by atoms with Crippen LogP contribution in [-0.4, -0.2) is 69.0 Å². The van der Waals surface area contributed by atoms with Gasteiger partial charge < -0.3 is 42.6 Å². The van der Waals surface area contributed by atoms with Gasteiger partial charge in [0.1, 0.15) is 51.7 Å². The zero-order valence-corrected chi connectivity index (χ0v) is 30.1. The van der Waals surface area contributed by atoms with E-state index in [0.29, 0.717) is 51.7 Å². The second kappa shape index (κ2) is 14.5. The Balaban J connectivity index is 1.65. The maximum absolute atomic E-state index is 6.01. The first-order valence-corrected chi connectivity index (χ1v) is 16.2. The monoisotopic (exact) mass is 681 g/mol. The summed E-state index contributed by atoms with van der Waals surface area (Å²) >= 11 is 0. The maximum atomic E-state index is 6.01. The number of aromatic nitrogens is 1. The highest BCUT2D eigenvalue weighted by atomic mass is 16.5. The van der Waals surface area contributed by atoms with Gasteiger partial charge in [0.05, 0.1) is 92.1 Å². The van der Waals surface area contributed by atoms with E-state index in [1.54, 1.807) is 64.0 Å². The molecule has 0 aliphatic heterocycles. The van der Waals surface area contributed by atoms with Crippen molar-refractivity contribution in [3.05, 3.63) is 70.0 Å². The van der Waals surface area contributed by atoms with Gasteiger partial charge in [-0.3, -0.25) is 0 Å². The standard InChI is InChI=1S/C40H43NO9/c1-42-24-16-31(45-4)29(32(17-24)46-5)14-22-10-12-27-37(38-35(49-8)20-26(44-3)21-36(38)50-9)28-13-11-23(40(28)41-39(22)27)15-30-33(47-6)18-25(43-2)19-34(30)48-7/h14-21H,10-13H2,1-9H3/b22-14+,23-15+. The highest BCUT2D eigenvalue weighted by Gasteiger charge is 2.34. The van der Waals surface area contributed by atoms with Crippen LogP contribution in [0.2, 0.25) is 0 Å². The Labute approximate surface area is 293 Å². The fraction of sp³-hybridized carbons (Fsp3) is 0.325. The van der Waals surface area contributed by atoms with Gasteiger partial charge in [-0.15, -0.1) is 0 Å². The van der Waals surface area contributed by atoms with Crippen molar-refractivity contribution in [1.29, 1.82) is 0 Å². The molecular weight excluding hydrogens is 638 g/mol. The second-order valence-electron chi connectivity index (χ2n) is 11.8. The molecule has 0 unspecified atom stereocenters. The second-order valence-corrected chi connectivity index (χ2v) is 11.8. The number of fused-ring (bicyclic) bond motifs is 2. The summed E-state index contributed by atoms with van der Waals surface area (Å²) in [7, 11) is 14.8. The fourth-order valence-corrected chi connectivity index (χ4v) is 6.97. The van der Waals surface area contributed by atoms with Crippen LogP contribution in [0.15, 0.2) is 36.4 Å². The summed E-state index contributed by atoms with van der Waals surface area (Å²) in [6.45, 7) is 0. The molecule has 2 aliphatic carbocycles. The van der Waals surface area contributed by atoms with E-state index < -0.39 is 0 Å². The average molecular weight is 682 g/mol. The summed E-state index contributed by atoms with van der Waals surface area (Å²) in [4.78, 5) is 5.45. The third-order valence-electron chi connectivity index (χ3n) is 9.40. The third kappa shape index (κ3) is 5.99. The molecule has 4 aromatic rings. The van der Waals surface area contributed by atoms with E-state index in [-0.39, 0.29) is 0 Å². The van der Waals surface area contributed by atoms with Gasteiger partial charge in [0.2, 0.25) is 0 Å². The highest BCUT2D eigenvalue weighted by molar-refractivity contribution is 5.97. The Morgan fingerprint density at radius 1 is 0.400 bits per heavy atom. The first-order valence-electron chi connectivity index (χ1n) is 16.2. The number of pyridine rings is 1. The number of nitrogens with zero attached hydrogens (tertiary/aromatic N) is 1. The molecule has 6 rings (SSSR count). The molecule has 0 bridgehead atoms. The van der Waals surface area contributed by atoms with Crippen molar-refractivity contribution >= 4 is 23.3 Å². The lowest BCUT2D eigenvalue weighted by atomic mass is 9.91. The molecule has 0 saturated heterocycles. The van der Waals surface area contributed by atoms with Crippen molar-refractivity contribution in [2.45, 2.75) is 25.7 Å². The van der Waals surface area contributed by atoms with E-state index in [0.717, 1.165) is 81.6 Å². The predicted octanol–water partition coefficient (Wildman–Crippen LogP) is 7.80. The molecule has 0 saturated carbocycles. The third-order valence-corrected chi connectivity index (χ3v) is 9.40. The Kier molecular flexibility index (Phi) is 9.99. The number of ether oxygens (including phenoxy) is 9. The van der Waals surface area contributed by atoms with Crippen LogP contribution in [0, 0.1) is 0 Å². The maximum Gasteiger partial charge on any atom is 0.134 e. The molecule has 1 aromatic heterocycles. The van der Waals surface area contributed by atoms with Crippen molar-refractivity contribution in [3.63, 3.8) is 0 Å². The van der Waals surface area contributed by atoms with E-state index in [1.165, 1.54) is 0 Å². The van der Waals surface area contributed by atoms with Gasteiger partial charge in [-0.05, 0) is 65.7 Å². The van der Waals surface area contributed by atoms with Crippen LogP contribution in [0.1, 0.15) is 46.5 Å². The molecule has 262 valence electrons. The Hall–Kier alpha value is -5.51. The fourth-order valence-electron chi connectivity index (χ4n) is 6.97. The molecule has 0 radical (unpaired) electrons. The van der Waals surface area contributed by atoms with Crippen LogP contribution in [0.5, 0.6) is 51.7 Å². The first-order chi connectivity index (χ1) is 24.4. The minimum atomic E-state index is 0.640. The number of rotatable bonds is 12. The van der Waals surface area contributed by atoms with Gasteiger partial charge in [0.15, 0.2) is 0 Å². The van der Waals surface area contributed by atoms with Crippen molar-refractivity contribution < 1.29 is 42.6 Å². The molecule has 50 heavy (non-hydrogen) atoms. The van der Waals surface area contributed by atoms with Crippen LogP contribution >= 0.6 is 0 Å².